The highest BCUT2D eigenvalue weighted by Crippen LogP contribution is 2.33. The number of hydrogen-bond acceptors (Lipinski definition) is 5. The Morgan fingerprint density at radius 2 is 1.84 bits per heavy atom. The highest BCUT2D eigenvalue weighted by atomic mass is 16.5. The van der Waals surface area contributed by atoms with Gasteiger partial charge in [-0.15, -0.1) is 0 Å². The van der Waals surface area contributed by atoms with Gasteiger partial charge in [0.2, 0.25) is 0 Å². The maximum absolute atomic E-state index is 9.83. The summed E-state index contributed by atoms with van der Waals surface area (Å²) in [6.45, 7) is 13.5. The molecule has 25 heavy (non-hydrogen) atoms. The number of rotatable bonds is 8. The van der Waals surface area contributed by atoms with Crippen LogP contribution in [0, 0.1) is 11.3 Å². The average Bonchev–Trinajstić information content (AvgIpc) is 2.64. The summed E-state index contributed by atoms with van der Waals surface area (Å²) in [5.41, 5.74) is 0.981. The van der Waals surface area contributed by atoms with E-state index in [0.717, 1.165) is 49.7 Å². The van der Waals surface area contributed by atoms with Crippen molar-refractivity contribution in [3.63, 3.8) is 0 Å². The second-order valence-corrected chi connectivity index (χ2v) is 6.29. The molecule has 0 spiro atoms. The minimum absolute atomic E-state index is 0.247. The van der Waals surface area contributed by atoms with Crippen molar-refractivity contribution in [2.75, 3.05) is 39.4 Å². The fourth-order valence-electron chi connectivity index (χ4n) is 3.56. The van der Waals surface area contributed by atoms with Crippen LogP contribution in [0.3, 0.4) is 0 Å². The maximum Gasteiger partial charge on any atom is 0.161 e. The molecule has 138 valence electrons. The van der Waals surface area contributed by atoms with Gasteiger partial charge in [-0.1, -0.05) is 19.9 Å². The van der Waals surface area contributed by atoms with E-state index in [2.05, 4.69) is 29.7 Å². The smallest absolute Gasteiger partial charge is 0.161 e. The molecule has 2 rings (SSSR count). The first-order valence-corrected chi connectivity index (χ1v) is 9.45. The Bertz CT molecular complexity index is 585. The molecule has 1 aliphatic rings. The zero-order valence-electron chi connectivity index (χ0n) is 16.0. The highest BCUT2D eigenvalue weighted by Gasteiger charge is 2.30. The second kappa shape index (κ2) is 9.65. The van der Waals surface area contributed by atoms with Crippen molar-refractivity contribution in [3.05, 3.63) is 23.8 Å². The van der Waals surface area contributed by atoms with Crippen molar-refractivity contribution in [2.24, 2.45) is 0 Å². The molecule has 5 heteroatoms. The van der Waals surface area contributed by atoms with E-state index in [-0.39, 0.29) is 6.04 Å². The number of nitriles is 1. The van der Waals surface area contributed by atoms with E-state index >= 15 is 0 Å². The summed E-state index contributed by atoms with van der Waals surface area (Å²) in [6, 6.07) is 8.65. The molecule has 2 unspecified atom stereocenters. The van der Waals surface area contributed by atoms with Crippen molar-refractivity contribution in [1.29, 1.82) is 5.26 Å². The molecule has 5 nitrogen and oxygen atoms in total. The van der Waals surface area contributed by atoms with Gasteiger partial charge in [0.1, 0.15) is 6.04 Å². The molecular weight excluding hydrogens is 314 g/mol. The predicted octanol–water partition coefficient (Wildman–Crippen LogP) is 3.46. The lowest BCUT2D eigenvalue weighted by Gasteiger charge is -2.42. The molecule has 1 fully saturated rings. The standard InChI is InChI=1S/C20H31N3O2/c1-5-17-15-23(12-11-22(17)6-2)18(14-21)16-9-10-19(24-7-3)20(13-16)25-8-4/h9-10,13,17-18H,5-8,11-12,15H2,1-4H3. The second-order valence-electron chi connectivity index (χ2n) is 6.29. The Morgan fingerprint density at radius 3 is 2.44 bits per heavy atom. The van der Waals surface area contributed by atoms with Crippen molar-refractivity contribution in [1.82, 2.24) is 9.80 Å². The summed E-state index contributed by atoms with van der Waals surface area (Å²) in [4.78, 5) is 4.81. The fourth-order valence-corrected chi connectivity index (χ4v) is 3.56. The third kappa shape index (κ3) is 4.65. The van der Waals surface area contributed by atoms with E-state index in [9.17, 15) is 5.26 Å². The lowest BCUT2D eigenvalue weighted by atomic mass is 10.0. The van der Waals surface area contributed by atoms with E-state index < -0.39 is 0 Å². The van der Waals surface area contributed by atoms with Gasteiger partial charge in [-0.25, -0.2) is 0 Å². The van der Waals surface area contributed by atoms with Crippen LogP contribution >= 0.6 is 0 Å². The summed E-state index contributed by atoms with van der Waals surface area (Å²) < 4.78 is 11.4. The van der Waals surface area contributed by atoms with E-state index in [1.807, 2.05) is 32.0 Å². The molecule has 0 saturated carbocycles. The summed E-state index contributed by atoms with van der Waals surface area (Å²) in [6.07, 6.45) is 1.11. The first kappa shape index (κ1) is 19.6. The largest absolute Gasteiger partial charge is 0.490 e. The van der Waals surface area contributed by atoms with Crippen LogP contribution in [0.15, 0.2) is 18.2 Å². The Hall–Kier alpha value is -1.77. The van der Waals surface area contributed by atoms with Crippen LogP contribution in [0.2, 0.25) is 0 Å². The van der Waals surface area contributed by atoms with Crippen molar-refractivity contribution in [2.45, 2.75) is 46.2 Å². The topological polar surface area (TPSA) is 48.7 Å². The van der Waals surface area contributed by atoms with Crippen LogP contribution in [0.1, 0.15) is 45.7 Å². The van der Waals surface area contributed by atoms with Crippen molar-refractivity contribution >= 4 is 0 Å². The Balaban J connectivity index is 2.22. The molecule has 1 heterocycles. The Labute approximate surface area is 152 Å². The van der Waals surface area contributed by atoms with Gasteiger partial charge >= 0.3 is 0 Å². The zero-order valence-corrected chi connectivity index (χ0v) is 16.0. The summed E-state index contributed by atoms with van der Waals surface area (Å²) in [5, 5.41) is 9.83. The van der Waals surface area contributed by atoms with Gasteiger partial charge in [-0.3, -0.25) is 9.80 Å². The monoisotopic (exact) mass is 345 g/mol. The van der Waals surface area contributed by atoms with Gasteiger partial charge in [0, 0.05) is 25.7 Å². The highest BCUT2D eigenvalue weighted by molar-refractivity contribution is 5.45. The van der Waals surface area contributed by atoms with Crippen LogP contribution in [0.4, 0.5) is 0 Å². The van der Waals surface area contributed by atoms with Crippen LogP contribution in [0.5, 0.6) is 11.5 Å². The molecule has 0 radical (unpaired) electrons. The number of ether oxygens (including phenoxy) is 2. The molecule has 1 saturated heterocycles. The van der Waals surface area contributed by atoms with Gasteiger partial charge in [0.25, 0.3) is 0 Å². The molecule has 0 N–H and O–H groups in total. The molecule has 0 amide bonds. The summed E-state index contributed by atoms with van der Waals surface area (Å²) in [5.74, 6) is 1.47. The van der Waals surface area contributed by atoms with Crippen LogP contribution in [0.25, 0.3) is 0 Å². The van der Waals surface area contributed by atoms with Gasteiger partial charge in [-0.2, -0.15) is 5.26 Å². The minimum atomic E-state index is -0.247. The van der Waals surface area contributed by atoms with E-state index in [0.29, 0.717) is 19.3 Å². The van der Waals surface area contributed by atoms with Crippen LogP contribution in [-0.4, -0.2) is 55.2 Å². The third-order valence-corrected chi connectivity index (χ3v) is 4.88. The van der Waals surface area contributed by atoms with E-state index in [4.69, 9.17) is 9.47 Å². The molecule has 0 aromatic heterocycles. The lowest BCUT2D eigenvalue weighted by molar-refractivity contribution is 0.0622. The number of hydrogen-bond donors (Lipinski definition) is 0. The van der Waals surface area contributed by atoms with Gasteiger partial charge in [0.15, 0.2) is 11.5 Å². The third-order valence-electron chi connectivity index (χ3n) is 4.88. The Morgan fingerprint density at radius 1 is 1.12 bits per heavy atom. The van der Waals surface area contributed by atoms with E-state index in [1.165, 1.54) is 0 Å². The molecular formula is C20H31N3O2. The summed E-state index contributed by atoms with van der Waals surface area (Å²) >= 11 is 0. The maximum atomic E-state index is 9.83. The van der Waals surface area contributed by atoms with Crippen molar-refractivity contribution < 1.29 is 9.47 Å². The van der Waals surface area contributed by atoms with Crippen LogP contribution in [-0.2, 0) is 0 Å². The predicted molar refractivity (Wildman–Crippen MR) is 100 cm³/mol. The van der Waals surface area contributed by atoms with Gasteiger partial charge < -0.3 is 9.47 Å². The van der Waals surface area contributed by atoms with Gasteiger partial charge in [0.05, 0.1) is 19.3 Å². The molecule has 1 aromatic rings. The number of likely N-dealkylation sites (N-methyl/N-ethyl adjacent to an activating group) is 1. The molecule has 1 aliphatic heterocycles. The molecule has 2 atom stereocenters. The first-order chi connectivity index (χ1) is 12.2. The minimum Gasteiger partial charge on any atom is -0.490 e. The summed E-state index contributed by atoms with van der Waals surface area (Å²) in [7, 11) is 0. The molecule has 1 aromatic carbocycles. The Kier molecular flexibility index (Phi) is 7.54. The molecule has 0 bridgehead atoms. The zero-order chi connectivity index (χ0) is 18.2. The SMILES string of the molecule is CCOc1ccc(C(C#N)N2CCN(CC)C(CC)C2)cc1OCC. The quantitative estimate of drug-likeness (QED) is 0.722. The van der Waals surface area contributed by atoms with E-state index in [1.54, 1.807) is 0 Å². The number of nitrogens with zero attached hydrogens (tertiary/aromatic N) is 3. The lowest BCUT2D eigenvalue weighted by Crippen LogP contribution is -2.53. The van der Waals surface area contributed by atoms with Gasteiger partial charge in [-0.05, 0) is 44.5 Å². The normalized spacial score (nSPS) is 20.0. The van der Waals surface area contributed by atoms with Crippen LogP contribution < -0.4 is 9.47 Å². The average molecular weight is 345 g/mol. The fraction of sp³-hybridized carbons (Fsp3) is 0.650. The number of piperazine rings is 1. The number of benzene rings is 1. The first-order valence-electron chi connectivity index (χ1n) is 9.45. The van der Waals surface area contributed by atoms with Crippen molar-refractivity contribution in [3.8, 4) is 17.6 Å². The molecule has 0 aliphatic carbocycles.